The third-order valence-electron chi connectivity index (χ3n) is 3.86. The van der Waals surface area contributed by atoms with Crippen LogP contribution in [0, 0.1) is 0 Å². The van der Waals surface area contributed by atoms with Gasteiger partial charge in [0.05, 0.1) is 4.91 Å². The van der Waals surface area contributed by atoms with E-state index in [0.29, 0.717) is 0 Å². The van der Waals surface area contributed by atoms with E-state index in [2.05, 4.69) is 34.2 Å². The standard InChI is InChI=1S/C16H19N3OS/c1-17-16-18(2)15(20)14(21-16)11-12-5-7-13(8-6-12)19-9-3-4-10-19/h5-8,11H,3-4,9-10H2,1-2H3. The average Bonchev–Trinajstić information content (AvgIpc) is 3.12. The second-order valence-electron chi connectivity index (χ2n) is 5.27. The second-order valence-corrected chi connectivity index (χ2v) is 6.28. The summed E-state index contributed by atoms with van der Waals surface area (Å²) in [4.78, 5) is 20.9. The number of hydrogen-bond donors (Lipinski definition) is 0. The van der Waals surface area contributed by atoms with E-state index in [1.54, 1.807) is 19.0 Å². The van der Waals surface area contributed by atoms with Gasteiger partial charge in [0.25, 0.3) is 5.91 Å². The third-order valence-corrected chi connectivity index (χ3v) is 5.01. The number of amides is 1. The molecule has 0 bridgehead atoms. The number of amidine groups is 1. The number of carbonyl (C=O) groups excluding carboxylic acids is 1. The largest absolute Gasteiger partial charge is 0.372 e. The van der Waals surface area contributed by atoms with Crippen molar-refractivity contribution in [1.29, 1.82) is 0 Å². The summed E-state index contributed by atoms with van der Waals surface area (Å²) in [7, 11) is 3.47. The number of thioether (sulfide) groups is 1. The Hall–Kier alpha value is -1.75. The summed E-state index contributed by atoms with van der Waals surface area (Å²) < 4.78 is 0. The van der Waals surface area contributed by atoms with E-state index in [0.717, 1.165) is 28.7 Å². The Labute approximate surface area is 129 Å². The molecule has 1 aromatic rings. The maximum Gasteiger partial charge on any atom is 0.266 e. The van der Waals surface area contributed by atoms with Gasteiger partial charge >= 0.3 is 0 Å². The molecular weight excluding hydrogens is 282 g/mol. The molecule has 1 aromatic carbocycles. The Morgan fingerprint density at radius 3 is 2.43 bits per heavy atom. The molecule has 0 aliphatic carbocycles. The van der Waals surface area contributed by atoms with Crippen LogP contribution in [0.25, 0.3) is 6.08 Å². The number of anilines is 1. The molecule has 4 nitrogen and oxygen atoms in total. The van der Waals surface area contributed by atoms with Crippen molar-refractivity contribution in [2.75, 3.05) is 32.1 Å². The Bertz CT molecular complexity index is 600. The topological polar surface area (TPSA) is 35.9 Å². The van der Waals surface area contributed by atoms with Crippen LogP contribution < -0.4 is 4.90 Å². The molecule has 2 heterocycles. The van der Waals surface area contributed by atoms with Gasteiger partial charge in [-0.3, -0.25) is 14.7 Å². The molecule has 0 atom stereocenters. The van der Waals surface area contributed by atoms with E-state index in [9.17, 15) is 4.79 Å². The lowest BCUT2D eigenvalue weighted by molar-refractivity contribution is -0.121. The molecule has 1 amide bonds. The zero-order valence-electron chi connectivity index (χ0n) is 12.4. The van der Waals surface area contributed by atoms with Crippen LogP contribution in [0.4, 0.5) is 5.69 Å². The Balaban J connectivity index is 1.78. The van der Waals surface area contributed by atoms with Gasteiger partial charge in [0.15, 0.2) is 5.17 Å². The predicted molar refractivity (Wildman–Crippen MR) is 89.6 cm³/mol. The fourth-order valence-corrected chi connectivity index (χ4v) is 3.58. The summed E-state index contributed by atoms with van der Waals surface area (Å²) in [5, 5.41) is 0.750. The van der Waals surface area contributed by atoms with E-state index < -0.39 is 0 Å². The van der Waals surface area contributed by atoms with Crippen LogP contribution in [-0.4, -0.2) is 43.2 Å². The first kappa shape index (κ1) is 14.2. The summed E-state index contributed by atoms with van der Waals surface area (Å²) in [5.41, 5.74) is 2.33. The number of rotatable bonds is 2. The van der Waals surface area contributed by atoms with E-state index in [1.807, 2.05) is 6.08 Å². The molecule has 110 valence electrons. The lowest BCUT2D eigenvalue weighted by Gasteiger charge is -2.17. The van der Waals surface area contributed by atoms with Gasteiger partial charge < -0.3 is 4.90 Å². The van der Waals surface area contributed by atoms with Crippen molar-refractivity contribution in [1.82, 2.24) is 4.90 Å². The first-order valence-electron chi connectivity index (χ1n) is 7.18. The van der Waals surface area contributed by atoms with Crippen LogP contribution in [0.1, 0.15) is 18.4 Å². The van der Waals surface area contributed by atoms with Crippen molar-refractivity contribution in [3.8, 4) is 0 Å². The highest BCUT2D eigenvalue weighted by molar-refractivity contribution is 8.18. The highest BCUT2D eigenvalue weighted by Crippen LogP contribution is 2.31. The van der Waals surface area contributed by atoms with Crippen LogP contribution in [0.3, 0.4) is 0 Å². The fraction of sp³-hybridized carbons (Fsp3) is 0.375. The van der Waals surface area contributed by atoms with Crippen molar-refractivity contribution >= 4 is 34.6 Å². The Morgan fingerprint density at radius 2 is 1.86 bits per heavy atom. The fourth-order valence-electron chi connectivity index (χ4n) is 2.66. The molecule has 5 heteroatoms. The molecule has 0 N–H and O–H groups in total. The van der Waals surface area contributed by atoms with Gasteiger partial charge in [0.2, 0.25) is 0 Å². The summed E-state index contributed by atoms with van der Waals surface area (Å²) in [5.74, 6) is 0.0178. The molecule has 2 aliphatic heterocycles. The number of hydrogen-bond acceptors (Lipinski definition) is 4. The molecule has 0 aromatic heterocycles. The van der Waals surface area contributed by atoms with Crippen LogP contribution in [0.5, 0.6) is 0 Å². The minimum Gasteiger partial charge on any atom is -0.372 e. The highest BCUT2D eigenvalue weighted by Gasteiger charge is 2.29. The predicted octanol–water partition coefficient (Wildman–Crippen LogP) is 2.82. The normalized spacial score (nSPS) is 22.9. The molecule has 3 rings (SSSR count). The smallest absolute Gasteiger partial charge is 0.266 e. The van der Waals surface area contributed by atoms with E-state index >= 15 is 0 Å². The number of carbonyl (C=O) groups is 1. The van der Waals surface area contributed by atoms with Gasteiger partial charge in [0.1, 0.15) is 0 Å². The van der Waals surface area contributed by atoms with E-state index in [4.69, 9.17) is 0 Å². The van der Waals surface area contributed by atoms with Crippen molar-refractivity contribution in [2.45, 2.75) is 12.8 Å². The molecule has 0 radical (unpaired) electrons. The highest BCUT2D eigenvalue weighted by atomic mass is 32.2. The summed E-state index contributed by atoms with van der Waals surface area (Å²) in [6, 6.07) is 8.44. The first-order valence-corrected chi connectivity index (χ1v) is 8.00. The third kappa shape index (κ3) is 2.83. The maximum atomic E-state index is 12.1. The molecule has 2 fully saturated rings. The zero-order valence-corrected chi connectivity index (χ0v) is 13.2. The van der Waals surface area contributed by atoms with Crippen molar-refractivity contribution in [3.05, 3.63) is 34.7 Å². The lowest BCUT2D eigenvalue weighted by Crippen LogP contribution is -2.23. The Morgan fingerprint density at radius 1 is 1.19 bits per heavy atom. The number of benzene rings is 1. The molecule has 2 aliphatic rings. The quantitative estimate of drug-likeness (QED) is 0.788. The van der Waals surface area contributed by atoms with Crippen LogP contribution >= 0.6 is 11.8 Å². The molecular formula is C16H19N3OS. The van der Waals surface area contributed by atoms with Crippen molar-refractivity contribution < 1.29 is 4.79 Å². The van der Waals surface area contributed by atoms with Gasteiger partial charge in [-0.15, -0.1) is 0 Å². The van der Waals surface area contributed by atoms with Crippen molar-refractivity contribution in [3.63, 3.8) is 0 Å². The van der Waals surface area contributed by atoms with Crippen LogP contribution in [0.15, 0.2) is 34.2 Å². The molecule has 21 heavy (non-hydrogen) atoms. The number of likely N-dealkylation sites (N-methyl/N-ethyl adjacent to an activating group) is 1. The van der Waals surface area contributed by atoms with Gasteiger partial charge in [0, 0.05) is 32.9 Å². The summed E-state index contributed by atoms with van der Waals surface area (Å²) >= 11 is 1.43. The van der Waals surface area contributed by atoms with E-state index in [-0.39, 0.29) is 5.91 Å². The summed E-state index contributed by atoms with van der Waals surface area (Å²) in [6.07, 6.45) is 4.50. The molecule has 0 spiro atoms. The lowest BCUT2D eigenvalue weighted by atomic mass is 10.2. The minimum absolute atomic E-state index is 0.0178. The van der Waals surface area contributed by atoms with Gasteiger partial charge in [-0.05, 0) is 48.4 Å². The van der Waals surface area contributed by atoms with Gasteiger partial charge in [-0.1, -0.05) is 12.1 Å². The number of nitrogens with zero attached hydrogens (tertiary/aromatic N) is 3. The maximum absolute atomic E-state index is 12.1. The number of aliphatic imine (C=N–C) groups is 1. The molecule has 2 saturated heterocycles. The molecule has 0 unspecified atom stereocenters. The second kappa shape index (κ2) is 5.93. The molecule has 0 saturated carbocycles. The Kier molecular flexibility index (Phi) is 4.01. The van der Waals surface area contributed by atoms with Crippen molar-refractivity contribution in [2.24, 2.45) is 4.99 Å². The van der Waals surface area contributed by atoms with Crippen LogP contribution in [0.2, 0.25) is 0 Å². The average molecular weight is 301 g/mol. The van der Waals surface area contributed by atoms with Crippen LogP contribution in [-0.2, 0) is 4.79 Å². The summed E-state index contributed by atoms with van der Waals surface area (Å²) in [6.45, 7) is 2.30. The first-order chi connectivity index (χ1) is 10.2. The zero-order chi connectivity index (χ0) is 14.8. The van der Waals surface area contributed by atoms with E-state index in [1.165, 1.54) is 30.3 Å². The van der Waals surface area contributed by atoms with Gasteiger partial charge in [-0.25, -0.2) is 0 Å². The monoisotopic (exact) mass is 301 g/mol. The van der Waals surface area contributed by atoms with Gasteiger partial charge in [-0.2, -0.15) is 0 Å². The minimum atomic E-state index is 0.0178. The SMILES string of the molecule is CN=C1SC(=Cc2ccc(N3CCCC3)cc2)C(=O)N1C.